The number of nitrogens with one attached hydrogen (secondary N) is 1. The zero-order valence-corrected chi connectivity index (χ0v) is 13.9. The Morgan fingerprint density at radius 3 is 2.90 bits per heavy atom. The topological polar surface area (TPSA) is 83.5 Å². The lowest BCUT2D eigenvalue weighted by molar-refractivity contribution is 0.163. The molecule has 0 amide bonds. The molecule has 20 heavy (non-hydrogen) atoms. The van der Waals surface area contributed by atoms with Crippen molar-refractivity contribution in [3.63, 3.8) is 0 Å². The number of anilines is 1. The highest BCUT2D eigenvalue weighted by Gasteiger charge is 2.20. The Labute approximate surface area is 137 Å². The summed E-state index contributed by atoms with van der Waals surface area (Å²) in [6.07, 6.45) is 6.26. The quantitative estimate of drug-likeness (QED) is 0.418. The van der Waals surface area contributed by atoms with Crippen molar-refractivity contribution in [2.75, 3.05) is 18.5 Å². The summed E-state index contributed by atoms with van der Waals surface area (Å²) in [4.78, 5) is 8.51. The molecule has 6 heteroatoms. The van der Waals surface area contributed by atoms with Gasteiger partial charge in [-0.1, -0.05) is 12.5 Å². The zero-order chi connectivity index (χ0) is 13.5. The Balaban J connectivity index is 0.00000200. The fourth-order valence-corrected chi connectivity index (χ4v) is 2.57. The van der Waals surface area contributed by atoms with Crippen molar-refractivity contribution in [2.24, 2.45) is 22.6 Å². The van der Waals surface area contributed by atoms with Gasteiger partial charge >= 0.3 is 0 Å². The molecule has 1 heterocycles. The van der Waals surface area contributed by atoms with Crippen LogP contribution in [-0.2, 0) is 0 Å². The maximum Gasteiger partial charge on any atom is 0.194 e. The average molecular weight is 390 g/mol. The normalized spacial score (nSPS) is 22.9. The van der Waals surface area contributed by atoms with Crippen LogP contribution < -0.4 is 11.1 Å². The first-order chi connectivity index (χ1) is 9.28. The SMILES string of the molecule is I.NC(=NC[C@H]1CCC[C@@H](CO)C1)Nc1ccccn1. The first-order valence-corrected chi connectivity index (χ1v) is 6.86. The second kappa shape index (κ2) is 9.12. The van der Waals surface area contributed by atoms with E-state index in [-0.39, 0.29) is 24.0 Å². The summed E-state index contributed by atoms with van der Waals surface area (Å²) < 4.78 is 0. The van der Waals surface area contributed by atoms with Crippen molar-refractivity contribution in [2.45, 2.75) is 25.7 Å². The number of halogens is 1. The van der Waals surface area contributed by atoms with Crippen molar-refractivity contribution in [3.8, 4) is 0 Å². The summed E-state index contributed by atoms with van der Waals surface area (Å²) >= 11 is 0. The molecular weight excluding hydrogens is 367 g/mol. The van der Waals surface area contributed by atoms with Crippen LogP contribution in [0.15, 0.2) is 29.4 Å². The van der Waals surface area contributed by atoms with Crippen LogP contribution in [0.4, 0.5) is 5.82 Å². The van der Waals surface area contributed by atoms with E-state index < -0.39 is 0 Å². The van der Waals surface area contributed by atoms with Crippen molar-refractivity contribution < 1.29 is 5.11 Å². The molecule has 0 saturated heterocycles. The number of nitrogens with zero attached hydrogens (tertiary/aromatic N) is 2. The second-order valence-corrected chi connectivity index (χ2v) is 5.15. The van der Waals surface area contributed by atoms with E-state index in [1.807, 2.05) is 18.2 Å². The van der Waals surface area contributed by atoms with Gasteiger partial charge in [0, 0.05) is 19.3 Å². The fraction of sp³-hybridized carbons (Fsp3) is 0.571. The van der Waals surface area contributed by atoms with E-state index in [0.717, 1.165) is 19.4 Å². The van der Waals surface area contributed by atoms with Crippen LogP contribution in [0.25, 0.3) is 0 Å². The minimum absolute atomic E-state index is 0. The summed E-state index contributed by atoms with van der Waals surface area (Å²) in [6.45, 7) is 1.02. The Bertz CT molecular complexity index is 413. The molecule has 0 aromatic carbocycles. The van der Waals surface area contributed by atoms with Crippen molar-refractivity contribution in [1.29, 1.82) is 0 Å². The van der Waals surface area contributed by atoms with Gasteiger partial charge in [-0.15, -0.1) is 24.0 Å². The van der Waals surface area contributed by atoms with E-state index in [4.69, 9.17) is 5.73 Å². The molecule has 1 aromatic rings. The third-order valence-electron chi connectivity index (χ3n) is 3.59. The molecule has 0 radical (unpaired) electrons. The largest absolute Gasteiger partial charge is 0.396 e. The Morgan fingerprint density at radius 2 is 2.20 bits per heavy atom. The molecule has 1 aliphatic carbocycles. The molecule has 0 aliphatic heterocycles. The third kappa shape index (κ3) is 5.62. The summed E-state index contributed by atoms with van der Waals surface area (Å²) in [5.41, 5.74) is 5.84. The Morgan fingerprint density at radius 1 is 1.40 bits per heavy atom. The highest BCUT2D eigenvalue weighted by molar-refractivity contribution is 14.0. The lowest BCUT2D eigenvalue weighted by Crippen LogP contribution is -2.26. The smallest absolute Gasteiger partial charge is 0.194 e. The van der Waals surface area contributed by atoms with Gasteiger partial charge in [0.25, 0.3) is 0 Å². The van der Waals surface area contributed by atoms with Crippen molar-refractivity contribution >= 4 is 35.8 Å². The lowest BCUT2D eigenvalue weighted by atomic mass is 9.82. The number of rotatable bonds is 4. The van der Waals surface area contributed by atoms with Crippen LogP contribution in [0, 0.1) is 11.8 Å². The van der Waals surface area contributed by atoms with Gasteiger partial charge in [0.2, 0.25) is 0 Å². The molecule has 1 aliphatic rings. The summed E-state index contributed by atoms with van der Waals surface area (Å²) in [7, 11) is 0. The number of hydrogen-bond acceptors (Lipinski definition) is 3. The van der Waals surface area contributed by atoms with Gasteiger partial charge < -0.3 is 16.2 Å². The van der Waals surface area contributed by atoms with Gasteiger partial charge in [-0.05, 0) is 43.2 Å². The predicted octanol–water partition coefficient (Wildman–Crippen LogP) is 2.22. The van der Waals surface area contributed by atoms with Gasteiger partial charge in [0.1, 0.15) is 5.82 Å². The minimum atomic E-state index is 0. The molecule has 4 N–H and O–H groups in total. The van der Waals surface area contributed by atoms with Crippen LogP contribution in [0.5, 0.6) is 0 Å². The number of aliphatic hydroxyl groups excluding tert-OH is 1. The third-order valence-corrected chi connectivity index (χ3v) is 3.59. The summed E-state index contributed by atoms with van der Waals surface area (Å²) in [5.74, 6) is 2.10. The van der Waals surface area contributed by atoms with Crippen molar-refractivity contribution in [1.82, 2.24) is 4.98 Å². The molecule has 2 rings (SSSR count). The first-order valence-electron chi connectivity index (χ1n) is 6.86. The van der Waals surface area contributed by atoms with E-state index in [2.05, 4.69) is 15.3 Å². The van der Waals surface area contributed by atoms with Crippen LogP contribution >= 0.6 is 24.0 Å². The van der Waals surface area contributed by atoms with Crippen LogP contribution in [-0.4, -0.2) is 29.2 Å². The van der Waals surface area contributed by atoms with E-state index in [1.165, 1.54) is 12.8 Å². The first kappa shape index (κ1) is 17.2. The number of guanidine groups is 1. The molecule has 2 atom stereocenters. The summed E-state index contributed by atoms with van der Waals surface area (Å²) in [6, 6.07) is 5.61. The highest BCUT2D eigenvalue weighted by atomic mass is 127. The van der Waals surface area contributed by atoms with E-state index >= 15 is 0 Å². The molecule has 0 spiro atoms. The maximum absolute atomic E-state index is 9.20. The van der Waals surface area contributed by atoms with Gasteiger partial charge in [-0.25, -0.2) is 4.98 Å². The number of pyridine rings is 1. The zero-order valence-electron chi connectivity index (χ0n) is 11.5. The number of nitrogens with two attached hydrogens (primary N) is 1. The number of aromatic nitrogens is 1. The van der Waals surface area contributed by atoms with Gasteiger partial charge in [0.05, 0.1) is 0 Å². The number of aliphatic hydroxyl groups is 1. The fourth-order valence-electron chi connectivity index (χ4n) is 2.57. The van der Waals surface area contributed by atoms with E-state index in [0.29, 0.717) is 30.2 Å². The van der Waals surface area contributed by atoms with Crippen LogP contribution in [0.3, 0.4) is 0 Å². The minimum Gasteiger partial charge on any atom is -0.396 e. The molecule has 0 unspecified atom stereocenters. The predicted molar refractivity (Wildman–Crippen MR) is 92.3 cm³/mol. The molecule has 0 bridgehead atoms. The van der Waals surface area contributed by atoms with Gasteiger partial charge in [0.15, 0.2) is 5.96 Å². The Hall–Kier alpha value is -0.890. The van der Waals surface area contributed by atoms with Crippen LogP contribution in [0.1, 0.15) is 25.7 Å². The number of hydrogen-bond donors (Lipinski definition) is 3. The molecule has 5 nitrogen and oxygen atoms in total. The molecule has 112 valence electrons. The Kier molecular flexibility index (Phi) is 7.83. The highest BCUT2D eigenvalue weighted by Crippen LogP contribution is 2.28. The summed E-state index contributed by atoms with van der Waals surface area (Å²) in [5, 5.41) is 12.2. The monoisotopic (exact) mass is 390 g/mol. The van der Waals surface area contributed by atoms with E-state index in [1.54, 1.807) is 6.20 Å². The van der Waals surface area contributed by atoms with Gasteiger partial charge in [-0.2, -0.15) is 0 Å². The second-order valence-electron chi connectivity index (χ2n) is 5.15. The molecule has 1 aromatic heterocycles. The lowest BCUT2D eigenvalue weighted by Gasteiger charge is -2.26. The van der Waals surface area contributed by atoms with Gasteiger partial charge in [-0.3, -0.25) is 4.99 Å². The van der Waals surface area contributed by atoms with E-state index in [9.17, 15) is 5.11 Å². The average Bonchev–Trinajstić information content (AvgIpc) is 2.46. The number of aliphatic imine (C=N–C) groups is 1. The standard InChI is InChI=1S/C14H22N4O.HI/c15-14(18-13-6-1-2-7-16-13)17-9-11-4-3-5-12(8-11)10-19;/h1-2,6-7,11-12,19H,3-5,8-10H2,(H3,15,16,17,18);1H/t11-,12+;/m0./s1. The van der Waals surface area contributed by atoms with Crippen LogP contribution in [0.2, 0.25) is 0 Å². The molecular formula is C14H23IN4O. The molecule has 1 fully saturated rings. The molecule has 1 saturated carbocycles. The maximum atomic E-state index is 9.20. The van der Waals surface area contributed by atoms with Crippen molar-refractivity contribution in [3.05, 3.63) is 24.4 Å².